The number of benzene rings is 2. The summed E-state index contributed by atoms with van der Waals surface area (Å²) in [5.41, 5.74) is 2.25. The maximum atomic E-state index is 5.91. The van der Waals surface area contributed by atoms with Gasteiger partial charge in [-0.2, -0.15) is 0 Å². The summed E-state index contributed by atoms with van der Waals surface area (Å²) in [7, 11) is 0. The number of hydrogen-bond donors (Lipinski definition) is 0. The molecule has 0 aliphatic carbocycles. The average molecular weight is 373 g/mol. The second kappa shape index (κ2) is 6.98. The Morgan fingerprint density at radius 3 is 2.56 bits per heavy atom. The van der Waals surface area contributed by atoms with Crippen molar-refractivity contribution in [1.29, 1.82) is 0 Å². The molecule has 2 aromatic heterocycles. The van der Waals surface area contributed by atoms with Gasteiger partial charge in [-0.3, -0.25) is 4.40 Å². The second-order valence-electron chi connectivity index (χ2n) is 5.49. The van der Waals surface area contributed by atoms with Gasteiger partial charge in [-0.25, -0.2) is 0 Å². The Morgan fingerprint density at radius 2 is 1.80 bits per heavy atom. The van der Waals surface area contributed by atoms with Crippen LogP contribution in [-0.4, -0.2) is 31.5 Å². The number of ether oxygens (including phenoxy) is 1. The first kappa shape index (κ1) is 16.3. The lowest BCUT2D eigenvalue weighted by atomic mass is 10.3. The van der Waals surface area contributed by atoms with Crippen molar-refractivity contribution < 1.29 is 4.74 Å². The van der Waals surface area contributed by atoms with Crippen LogP contribution >= 0.6 is 23.4 Å². The summed E-state index contributed by atoms with van der Waals surface area (Å²) in [4.78, 5) is 0. The van der Waals surface area contributed by atoms with Gasteiger partial charge in [0.2, 0.25) is 5.78 Å². The summed E-state index contributed by atoms with van der Waals surface area (Å²) in [6.45, 7) is 3.35. The van der Waals surface area contributed by atoms with Gasteiger partial charge in [-0.15, -0.1) is 10.2 Å². The normalized spacial score (nSPS) is 11.4. The van der Waals surface area contributed by atoms with Crippen LogP contribution < -0.4 is 4.74 Å². The van der Waals surface area contributed by atoms with E-state index in [-0.39, 0.29) is 0 Å². The van der Waals surface area contributed by atoms with Crippen molar-refractivity contribution >= 4 is 40.2 Å². The molecule has 5 nitrogen and oxygen atoms in total. The van der Waals surface area contributed by atoms with Crippen LogP contribution in [0.3, 0.4) is 0 Å². The maximum absolute atomic E-state index is 5.91. The molecule has 0 bridgehead atoms. The van der Waals surface area contributed by atoms with Gasteiger partial charge in [0.05, 0.1) is 17.6 Å². The van der Waals surface area contributed by atoms with Crippen molar-refractivity contribution in [2.24, 2.45) is 0 Å². The number of para-hydroxylation sites is 2. The van der Waals surface area contributed by atoms with E-state index in [2.05, 4.69) is 38.2 Å². The fraction of sp³-hybridized carbons (Fsp3) is 0.222. The Kier molecular flexibility index (Phi) is 4.55. The highest BCUT2D eigenvalue weighted by molar-refractivity contribution is 7.99. The molecular formula is C18H17ClN4OS. The van der Waals surface area contributed by atoms with E-state index in [9.17, 15) is 0 Å². The van der Waals surface area contributed by atoms with Gasteiger partial charge in [-0.05, 0) is 42.2 Å². The van der Waals surface area contributed by atoms with E-state index in [0.717, 1.165) is 33.5 Å². The third-order valence-corrected chi connectivity index (χ3v) is 5.00. The third kappa shape index (κ3) is 3.07. The van der Waals surface area contributed by atoms with Crippen molar-refractivity contribution in [3.8, 4) is 5.75 Å². The van der Waals surface area contributed by atoms with E-state index in [1.54, 1.807) is 11.8 Å². The fourth-order valence-corrected chi connectivity index (χ4v) is 3.66. The molecule has 0 N–H and O–H groups in total. The summed E-state index contributed by atoms with van der Waals surface area (Å²) in [5, 5.41) is 10.4. The Balaban J connectivity index is 1.64. The van der Waals surface area contributed by atoms with Crippen molar-refractivity contribution in [3.63, 3.8) is 0 Å². The number of halogens is 1. The zero-order valence-corrected chi connectivity index (χ0v) is 15.3. The number of hydrogen-bond acceptors (Lipinski definition) is 4. The van der Waals surface area contributed by atoms with E-state index in [0.29, 0.717) is 18.2 Å². The van der Waals surface area contributed by atoms with Gasteiger partial charge < -0.3 is 9.30 Å². The number of aromatic nitrogens is 4. The average Bonchev–Trinajstić information content (AvgIpc) is 3.17. The van der Waals surface area contributed by atoms with Crippen LogP contribution in [0.4, 0.5) is 0 Å². The Labute approximate surface area is 154 Å². The molecule has 2 aromatic carbocycles. The number of fused-ring (bicyclic) bond motifs is 3. The molecule has 0 aliphatic heterocycles. The first-order chi connectivity index (χ1) is 12.3. The summed E-state index contributed by atoms with van der Waals surface area (Å²) in [6, 6.07) is 15.7. The van der Waals surface area contributed by atoms with Crippen molar-refractivity contribution in [1.82, 2.24) is 19.2 Å². The summed E-state index contributed by atoms with van der Waals surface area (Å²) in [5.74, 6) is 2.61. The number of nitrogens with zero attached hydrogens (tertiary/aromatic N) is 4. The highest BCUT2D eigenvalue weighted by Gasteiger charge is 2.16. The summed E-state index contributed by atoms with van der Waals surface area (Å²) in [6.07, 6.45) is 0. The molecule has 0 fully saturated rings. The minimum Gasteiger partial charge on any atom is -0.492 e. The van der Waals surface area contributed by atoms with E-state index >= 15 is 0 Å². The molecule has 0 spiro atoms. The Morgan fingerprint density at radius 1 is 1.04 bits per heavy atom. The Hall–Kier alpha value is -2.18. The van der Waals surface area contributed by atoms with Crippen LogP contribution in [-0.2, 0) is 6.54 Å². The molecule has 2 heterocycles. The molecule has 0 radical (unpaired) electrons. The molecule has 0 saturated heterocycles. The number of imidazole rings is 1. The van der Waals surface area contributed by atoms with Crippen molar-refractivity contribution in [3.05, 3.63) is 53.6 Å². The van der Waals surface area contributed by atoms with Crippen molar-refractivity contribution in [2.45, 2.75) is 18.6 Å². The molecule has 0 unspecified atom stereocenters. The zero-order valence-electron chi connectivity index (χ0n) is 13.7. The quantitative estimate of drug-likeness (QED) is 0.466. The van der Waals surface area contributed by atoms with E-state index < -0.39 is 0 Å². The van der Waals surface area contributed by atoms with E-state index in [4.69, 9.17) is 16.3 Å². The molecule has 25 heavy (non-hydrogen) atoms. The number of thioether (sulfide) groups is 1. The monoisotopic (exact) mass is 372 g/mol. The molecule has 4 aromatic rings. The van der Waals surface area contributed by atoms with Gasteiger partial charge in [0.15, 0.2) is 5.16 Å². The molecule has 0 atom stereocenters. The van der Waals surface area contributed by atoms with E-state index in [1.807, 2.05) is 36.4 Å². The topological polar surface area (TPSA) is 44.3 Å². The van der Waals surface area contributed by atoms with E-state index in [1.165, 1.54) is 0 Å². The van der Waals surface area contributed by atoms with Gasteiger partial charge in [0.1, 0.15) is 12.4 Å². The second-order valence-corrected chi connectivity index (χ2v) is 7.16. The minimum atomic E-state index is 0.541. The molecule has 128 valence electrons. The molecule has 4 rings (SSSR count). The standard InChI is InChI=1S/C18H17ClN4OS/c1-2-25-18-21-20-17-22(15-5-3-4-6-16(15)23(17)18)11-12-24-14-9-7-13(19)8-10-14/h3-10H,2,11-12H2,1H3. The SMILES string of the molecule is CCSc1nnc2n(CCOc3ccc(Cl)cc3)c3ccccc3n12. The summed E-state index contributed by atoms with van der Waals surface area (Å²) >= 11 is 7.60. The Bertz CT molecular complexity index is 1010. The van der Waals surface area contributed by atoms with Crippen LogP contribution in [0.2, 0.25) is 5.02 Å². The predicted octanol–water partition coefficient (Wildman–Crippen LogP) is 4.53. The number of rotatable bonds is 6. The van der Waals surface area contributed by atoms with Crippen LogP contribution in [0.1, 0.15) is 6.92 Å². The molecular weight excluding hydrogens is 356 g/mol. The fourth-order valence-electron chi connectivity index (χ4n) is 2.87. The first-order valence-corrected chi connectivity index (χ1v) is 9.48. The van der Waals surface area contributed by atoms with Crippen molar-refractivity contribution in [2.75, 3.05) is 12.4 Å². The molecule has 0 saturated carbocycles. The maximum Gasteiger partial charge on any atom is 0.237 e. The minimum absolute atomic E-state index is 0.541. The van der Waals surface area contributed by atoms with Crippen LogP contribution in [0.25, 0.3) is 16.8 Å². The lowest BCUT2D eigenvalue weighted by Gasteiger charge is -2.08. The van der Waals surface area contributed by atoms with Crippen LogP contribution in [0, 0.1) is 0 Å². The third-order valence-electron chi connectivity index (χ3n) is 3.94. The summed E-state index contributed by atoms with van der Waals surface area (Å²) < 4.78 is 10.1. The van der Waals surface area contributed by atoms with Crippen LogP contribution in [0.5, 0.6) is 5.75 Å². The first-order valence-electron chi connectivity index (χ1n) is 8.11. The predicted molar refractivity (Wildman–Crippen MR) is 102 cm³/mol. The van der Waals surface area contributed by atoms with Gasteiger partial charge in [-0.1, -0.05) is 42.4 Å². The van der Waals surface area contributed by atoms with Gasteiger partial charge in [0, 0.05) is 5.02 Å². The molecule has 7 heteroatoms. The van der Waals surface area contributed by atoms with Gasteiger partial charge >= 0.3 is 0 Å². The largest absolute Gasteiger partial charge is 0.492 e. The smallest absolute Gasteiger partial charge is 0.237 e. The van der Waals surface area contributed by atoms with Crippen LogP contribution in [0.15, 0.2) is 53.7 Å². The lowest BCUT2D eigenvalue weighted by Crippen LogP contribution is -2.08. The highest BCUT2D eigenvalue weighted by atomic mass is 35.5. The molecule has 0 aliphatic rings. The lowest BCUT2D eigenvalue weighted by molar-refractivity contribution is 0.301. The zero-order chi connectivity index (χ0) is 17.2. The highest BCUT2D eigenvalue weighted by Crippen LogP contribution is 2.25. The van der Waals surface area contributed by atoms with Gasteiger partial charge in [0.25, 0.3) is 0 Å². The molecule has 0 amide bonds.